The van der Waals surface area contributed by atoms with Crippen LogP contribution in [0.2, 0.25) is 0 Å². The number of anilines is 3. The maximum atomic E-state index is 2.53. The molecule has 0 spiro atoms. The van der Waals surface area contributed by atoms with Crippen molar-refractivity contribution in [3.05, 3.63) is 224 Å². The van der Waals surface area contributed by atoms with Crippen molar-refractivity contribution in [3.63, 3.8) is 0 Å². The topological polar surface area (TPSA) is 3.24 Å². The highest BCUT2D eigenvalue weighted by atomic mass is 32.1. The molecule has 300 valence electrons. The molecule has 0 unspecified atom stereocenters. The largest absolute Gasteiger partial charge is 0.310 e. The van der Waals surface area contributed by atoms with Gasteiger partial charge in [0.2, 0.25) is 0 Å². The Morgan fingerprint density at radius 3 is 1.56 bits per heavy atom. The van der Waals surface area contributed by atoms with E-state index in [1.54, 1.807) is 0 Å². The van der Waals surface area contributed by atoms with Crippen molar-refractivity contribution in [3.8, 4) is 44.5 Å². The maximum absolute atomic E-state index is 2.53. The van der Waals surface area contributed by atoms with E-state index in [9.17, 15) is 0 Å². The second kappa shape index (κ2) is 15.2. The number of benzene rings is 10. The Morgan fingerprint density at radius 1 is 0.266 bits per heavy atom. The van der Waals surface area contributed by atoms with E-state index in [0.717, 1.165) is 11.4 Å². The molecule has 0 bridgehead atoms. The number of fused-ring (bicyclic) bond motifs is 9. The van der Waals surface area contributed by atoms with Crippen LogP contribution in [0.5, 0.6) is 0 Å². The van der Waals surface area contributed by atoms with Crippen molar-refractivity contribution in [1.82, 2.24) is 0 Å². The Balaban J connectivity index is 1.09. The zero-order valence-electron chi connectivity index (χ0n) is 34.5. The van der Waals surface area contributed by atoms with Crippen LogP contribution in [0.3, 0.4) is 0 Å². The second-order valence-corrected chi connectivity index (χ2v) is 19.6. The van der Waals surface area contributed by atoms with E-state index in [1.807, 2.05) is 34.0 Å². The fourth-order valence-corrected chi connectivity index (χ4v) is 13.2. The van der Waals surface area contributed by atoms with E-state index in [0.29, 0.717) is 0 Å². The van der Waals surface area contributed by atoms with Gasteiger partial charge < -0.3 is 4.90 Å². The molecule has 0 aliphatic carbocycles. The first-order chi connectivity index (χ1) is 31.7. The zero-order valence-corrected chi connectivity index (χ0v) is 37.0. The molecule has 0 atom stereocenters. The number of hydrogen-bond donors (Lipinski definition) is 0. The van der Waals surface area contributed by atoms with Gasteiger partial charge in [-0.15, -0.1) is 34.0 Å². The molecule has 4 heteroatoms. The highest BCUT2D eigenvalue weighted by Gasteiger charge is 2.24. The molecule has 0 radical (unpaired) electrons. The van der Waals surface area contributed by atoms with E-state index in [-0.39, 0.29) is 0 Å². The van der Waals surface area contributed by atoms with Gasteiger partial charge in [-0.1, -0.05) is 164 Å². The van der Waals surface area contributed by atoms with E-state index >= 15 is 0 Å². The Labute approximate surface area is 383 Å². The molecule has 10 aromatic carbocycles. The van der Waals surface area contributed by atoms with Crippen molar-refractivity contribution in [2.75, 3.05) is 4.90 Å². The average Bonchev–Trinajstić information content (AvgIpc) is 4.06. The zero-order chi connectivity index (χ0) is 42.1. The summed E-state index contributed by atoms with van der Waals surface area (Å²) in [6, 6.07) is 82.9. The Hall–Kier alpha value is -7.34. The van der Waals surface area contributed by atoms with Crippen LogP contribution in [0.4, 0.5) is 17.1 Å². The summed E-state index contributed by atoms with van der Waals surface area (Å²) in [5, 5.41) is 7.70. The minimum absolute atomic E-state index is 1.13. The Morgan fingerprint density at radius 2 is 0.812 bits per heavy atom. The number of hydrogen-bond acceptors (Lipinski definition) is 4. The van der Waals surface area contributed by atoms with Crippen LogP contribution in [0, 0.1) is 0 Å². The van der Waals surface area contributed by atoms with Crippen molar-refractivity contribution >= 4 is 112 Å². The Bertz CT molecular complexity index is 3880. The highest BCUT2D eigenvalue weighted by molar-refractivity contribution is 7.27. The van der Waals surface area contributed by atoms with Crippen LogP contribution < -0.4 is 4.90 Å². The summed E-state index contributed by atoms with van der Waals surface area (Å²) in [5.74, 6) is 0. The molecule has 13 aromatic rings. The van der Waals surface area contributed by atoms with E-state index < -0.39 is 0 Å². The van der Waals surface area contributed by atoms with Gasteiger partial charge in [-0.25, -0.2) is 0 Å². The third kappa shape index (κ3) is 6.17. The first-order valence-corrected chi connectivity index (χ1v) is 24.1. The standard InChI is InChI=1S/C60H37NS3/c1-5-15-38(16-6-1)42-25-28-49-55(34-42)64-60-46(40-19-9-3-10-20-40)30-31-52(59(49)60)61(45-26-29-48-47-23-13-14-24-53(47)62-56(48)37-45)44-27-32-54-51(36-44)58-50(41-21-11-4-12-22-41)33-43(35-57(58)63-54)39-17-7-2-8-18-39/h1-37H. The lowest BCUT2D eigenvalue weighted by Gasteiger charge is -2.27. The summed E-state index contributed by atoms with van der Waals surface area (Å²) in [6.45, 7) is 0. The second-order valence-electron chi connectivity index (χ2n) is 16.4. The number of thiophene rings is 3. The number of nitrogens with zero attached hydrogens (tertiary/aromatic N) is 1. The fourth-order valence-electron chi connectivity index (χ4n) is 9.66. The Kier molecular flexibility index (Phi) is 8.83. The van der Waals surface area contributed by atoms with Gasteiger partial charge in [0.05, 0.1) is 5.69 Å². The molecule has 0 amide bonds. The average molecular weight is 868 g/mol. The summed E-state index contributed by atoms with van der Waals surface area (Å²) in [4.78, 5) is 2.53. The molecule has 0 fully saturated rings. The third-order valence-corrected chi connectivity index (χ3v) is 16.1. The normalized spacial score (nSPS) is 11.8. The molecule has 0 saturated heterocycles. The van der Waals surface area contributed by atoms with Crippen LogP contribution >= 0.6 is 34.0 Å². The first-order valence-electron chi connectivity index (χ1n) is 21.6. The monoisotopic (exact) mass is 867 g/mol. The van der Waals surface area contributed by atoms with Crippen LogP contribution in [0.15, 0.2) is 224 Å². The number of rotatable bonds is 7. The lowest BCUT2D eigenvalue weighted by molar-refractivity contribution is 1.32. The molecule has 3 aromatic heterocycles. The van der Waals surface area contributed by atoms with Crippen molar-refractivity contribution in [2.24, 2.45) is 0 Å². The van der Waals surface area contributed by atoms with E-state index in [4.69, 9.17) is 0 Å². The van der Waals surface area contributed by atoms with E-state index in [2.05, 4.69) is 229 Å². The van der Waals surface area contributed by atoms with Gasteiger partial charge in [0, 0.05) is 71.9 Å². The van der Waals surface area contributed by atoms with Gasteiger partial charge in [0.15, 0.2) is 0 Å². The summed E-state index contributed by atoms with van der Waals surface area (Å²) in [7, 11) is 0. The molecule has 0 saturated carbocycles. The van der Waals surface area contributed by atoms with Crippen molar-refractivity contribution in [1.29, 1.82) is 0 Å². The van der Waals surface area contributed by atoms with Crippen LogP contribution in [-0.4, -0.2) is 0 Å². The van der Waals surface area contributed by atoms with Crippen LogP contribution in [0.25, 0.3) is 105 Å². The third-order valence-electron chi connectivity index (χ3n) is 12.7. The van der Waals surface area contributed by atoms with Gasteiger partial charge in [-0.3, -0.25) is 0 Å². The molecule has 3 heterocycles. The van der Waals surface area contributed by atoms with Gasteiger partial charge in [-0.05, 0) is 105 Å². The van der Waals surface area contributed by atoms with Crippen LogP contribution in [0.1, 0.15) is 0 Å². The maximum Gasteiger partial charge on any atom is 0.0555 e. The molecule has 64 heavy (non-hydrogen) atoms. The van der Waals surface area contributed by atoms with Crippen molar-refractivity contribution < 1.29 is 0 Å². The molecular weight excluding hydrogens is 831 g/mol. The van der Waals surface area contributed by atoms with Gasteiger partial charge in [0.25, 0.3) is 0 Å². The minimum Gasteiger partial charge on any atom is -0.310 e. The SMILES string of the molecule is c1ccc(-c2ccc3c(c2)sc2c(-c4ccccc4)ccc(N(c4ccc5c(c4)sc4ccccc45)c4ccc5sc6cc(-c7ccccc7)cc(-c7ccccc7)c6c5c4)c23)cc1. The smallest absolute Gasteiger partial charge is 0.0555 e. The van der Waals surface area contributed by atoms with Gasteiger partial charge in [-0.2, -0.15) is 0 Å². The predicted octanol–water partition coefficient (Wildman–Crippen LogP) is 18.9. The lowest BCUT2D eigenvalue weighted by atomic mass is 9.94. The predicted molar refractivity (Wildman–Crippen MR) is 282 cm³/mol. The van der Waals surface area contributed by atoms with Gasteiger partial charge >= 0.3 is 0 Å². The molecule has 0 aliphatic rings. The summed E-state index contributed by atoms with van der Waals surface area (Å²) >= 11 is 5.66. The first kappa shape index (κ1) is 37.2. The quantitative estimate of drug-likeness (QED) is 0.154. The van der Waals surface area contributed by atoms with Gasteiger partial charge in [0.1, 0.15) is 0 Å². The summed E-state index contributed by atoms with van der Waals surface area (Å²) in [6.07, 6.45) is 0. The molecule has 1 nitrogen and oxygen atoms in total. The van der Waals surface area contributed by atoms with Crippen LogP contribution in [-0.2, 0) is 0 Å². The lowest BCUT2D eigenvalue weighted by Crippen LogP contribution is -2.10. The summed E-state index contributed by atoms with van der Waals surface area (Å²) in [5.41, 5.74) is 13.3. The highest BCUT2D eigenvalue weighted by Crippen LogP contribution is 2.51. The fraction of sp³-hybridized carbons (Fsp3) is 0. The molecule has 0 N–H and O–H groups in total. The molecule has 13 rings (SSSR count). The molecule has 0 aliphatic heterocycles. The minimum atomic E-state index is 1.13. The van der Waals surface area contributed by atoms with Crippen molar-refractivity contribution in [2.45, 2.75) is 0 Å². The summed E-state index contributed by atoms with van der Waals surface area (Å²) < 4.78 is 7.73. The molecular formula is C60H37NS3. The van der Waals surface area contributed by atoms with E-state index in [1.165, 1.54) is 111 Å².